The van der Waals surface area contributed by atoms with Crippen LogP contribution in [0.4, 0.5) is 5.69 Å². The molecule has 142 valence electrons. The van der Waals surface area contributed by atoms with Crippen LogP contribution in [0.2, 0.25) is 0 Å². The number of amides is 1. The van der Waals surface area contributed by atoms with Crippen LogP contribution in [0.3, 0.4) is 0 Å². The minimum atomic E-state index is -3.58. The number of benzene rings is 1. The van der Waals surface area contributed by atoms with Gasteiger partial charge < -0.3 is 10.6 Å². The zero-order chi connectivity index (χ0) is 18.1. The molecular weight excluding hydrogens is 394 g/mol. The smallest absolute Gasteiger partial charge is 0.271 e. The van der Waals surface area contributed by atoms with Gasteiger partial charge in [-0.2, -0.15) is 0 Å². The Labute approximate surface area is 163 Å². The summed E-state index contributed by atoms with van der Waals surface area (Å²) in [6.45, 7) is 3.98. The molecule has 1 atom stereocenters. The van der Waals surface area contributed by atoms with Gasteiger partial charge in [0.1, 0.15) is 4.21 Å². The summed E-state index contributed by atoms with van der Waals surface area (Å²) in [5.74, 6) is -0.0511. The van der Waals surface area contributed by atoms with E-state index in [0.29, 0.717) is 30.9 Å². The van der Waals surface area contributed by atoms with Crippen molar-refractivity contribution in [3.05, 3.63) is 47.3 Å². The van der Waals surface area contributed by atoms with E-state index in [1.807, 2.05) is 0 Å². The molecule has 0 bridgehead atoms. The second-order valence-electron chi connectivity index (χ2n) is 6.61. The lowest BCUT2D eigenvalue weighted by molar-refractivity contribution is 0.0777. The number of halogens is 1. The van der Waals surface area contributed by atoms with Gasteiger partial charge in [0.05, 0.1) is 0 Å². The summed E-state index contributed by atoms with van der Waals surface area (Å²) in [5.41, 5.74) is 6.73. The number of hydrogen-bond donors (Lipinski definition) is 2. The molecule has 0 aliphatic carbocycles. The van der Waals surface area contributed by atoms with Crippen molar-refractivity contribution in [3.63, 3.8) is 0 Å². The molecule has 26 heavy (non-hydrogen) atoms. The molecule has 1 amide bonds. The van der Waals surface area contributed by atoms with Gasteiger partial charge in [0.2, 0.25) is 0 Å². The number of hydrogen-bond acceptors (Lipinski definition) is 5. The Kier molecular flexibility index (Phi) is 6.33. The number of nitrogens with zero attached hydrogens (tertiary/aromatic N) is 1. The van der Waals surface area contributed by atoms with Gasteiger partial charge in [-0.15, -0.1) is 23.7 Å². The molecular formula is C17H22ClN3O3S2. The van der Waals surface area contributed by atoms with Crippen molar-refractivity contribution in [2.24, 2.45) is 11.1 Å². The Balaban J connectivity index is 0.00000243. The minimum Gasteiger partial charge on any atom is -0.338 e. The Morgan fingerprint density at radius 1 is 1.31 bits per heavy atom. The van der Waals surface area contributed by atoms with Crippen LogP contribution in [0.1, 0.15) is 23.7 Å². The maximum Gasteiger partial charge on any atom is 0.271 e. The van der Waals surface area contributed by atoms with E-state index < -0.39 is 10.0 Å². The van der Waals surface area contributed by atoms with E-state index in [2.05, 4.69) is 11.6 Å². The van der Waals surface area contributed by atoms with Crippen LogP contribution in [0.5, 0.6) is 0 Å². The number of nitrogens with one attached hydrogen (secondary N) is 1. The summed E-state index contributed by atoms with van der Waals surface area (Å²) in [4.78, 5) is 14.4. The van der Waals surface area contributed by atoms with Crippen LogP contribution in [-0.2, 0) is 10.0 Å². The van der Waals surface area contributed by atoms with Crippen LogP contribution >= 0.6 is 23.7 Å². The normalized spacial score (nSPS) is 19.8. The largest absolute Gasteiger partial charge is 0.338 e. The van der Waals surface area contributed by atoms with Crippen LogP contribution in [0.15, 0.2) is 46.0 Å². The number of likely N-dealkylation sites (tertiary alicyclic amines) is 1. The molecule has 3 rings (SSSR count). The third-order valence-corrected chi connectivity index (χ3v) is 7.26. The van der Waals surface area contributed by atoms with Crippen molar-refractivity contribution in [2.75, 3.05) is 24.4 Å². The molecule has 1 saturated heterocycles. The Hall–Kier alpha value is -1.61. The van der Waals surface area contributed by atoms with E-state index in [9.17, 15) is 13.2 Å². The van der Waals surface area contributed by atoms with Crippen LogP contribution in [-0.4, -0.2) is 38.9 Å². The first-order valence-electron chi connectivity index (χ1n) is 7.99. The van der Waals surface area contributed by atoms with Crippen molar-refractivity contribution in [2.45, 2.75) is 17.6 Å². The Bertz CT molecular complexity index is 854. The average molecular weight is 416 g/mol. The molecule has 9 heteroatoms. The fourth-order valence-corrected chi connectivity index (χ4v) is 4.90. The van der Waals surface area contributed by atoms with Crippen LogP contribution < -0.4 is 10.5 Å². The maximum atomic E-state index is 12.6. The fraction of sp³-hybridized carbons (Fsp3) is 0.353. The van der Waals surface area contributed by atoms with Crippen molar-refractivity contribution in [3.8, 4) is 0 Å². The van der Waals surface area contributed by atoms with Crippen molar-refractivity contribution in [1.29, 1.82) is 0 Å². The zero-order valence-corrected chi connectivity index (χ0v) is 16.8. The molecule has 0 radical (unpaired) electrons. The quantitative estimate of drug-likeness (QED) is 0.785. The SMILES string of the molecule is CC1(CN)CCN(C(=O)c2ccc(NS(=O)(=O)c3cccs3)cc2)C1.Cl. The molecule has 1 aromatic heterocycles. The topological polar surface area (TPSA) is 92.5 Å². The molecule has 6 nitrogen and oxygen atoms in total. The van der Waals surface area contributed by atoms with Gasteiger partial charge in [-0.1, -0.05) is 13.0 Å². The number of sulfonamides is 1. The summed E-state index contributed by atoms with van der Waals surface area (Å²) < 4.78 is 27.2. The molecule has 1 unspecified atom stereocenters. The molecule has 2 heterocycles. The van der Waals surface area contributed by atoms with E-state index in [1.165, 1.54) is 0 Å². The molecule has 0 saturated carbocycles. The van der Waals surface area contributed by atoms with Gasteiger partial charge in [-0.25, -0.2) is 8.42 Å². The van der Waals surface area contributed by atoms with Gasteiger partial charge in [-0.05, 0) is 54.1 Å². The first-order chi connectivity index (χ1) is 11.8. The average Bonchev–Trinajstić information content (AvgIpc) is 3.25. The third-order valence-electron chi connectivity index (χ3n) is 4.48. The van der Waals surface area contributed by atoms with Gasteiger partial charge in [0, 0.05) is 24.3 Å². The summed E-state index contributed by atoms with van der Waals surface area (Å²) in [6.07, 6.45) is 0.897. The summed E-state index contributed by atoms with van der Waals surface area (Å²) in [7, 11) is -3.58. The van der Waals surface area contributed by atoms with Crippen LogP contribution in [0.25, 0.3) is 0 Å². The van der Waals surface area contributed by atoms with Crippen LogP contribution in [0, 0.1) is 5.41 Å². The number of nitrogens with two attached hydrogens (primary N) is 1. The first kappa shape index (κ1) is 20.7. The lowest BCUT2D eigenvalue weighted by atomic mass is 9.90. The highest BCUT2D eigenvalue weighted by molar-refractivity contribution is 7.94. The van der Waals surface area contributed by atoms with Gasteiger partial charge in [0.15, 0.2) is 0 Å². The zero-order valence-electron chi connectivity index (χ0n) is 14.3. The summed E-state index contributed by atoms with van der Waals surface area (Å²) in [6, 6.07) is 9.74. The first-order valence-corrected chi connectivity index (χ1v) is 10.4. The Morgan fingerprint density at radius 2 is 2.00 bits per heavy atom. The highest BCUT2D eigenvalue weighted by Crippen LogP contribution is 2.29. The van der Waals surface area contributed by atoms with Crippen molar-refractivity contribution < 1.29 is 13.2 Å². The molecule has 0 spiro atoms. The minimum absolute atomic E-state index is 0. The molecule has 1 fully saturated rings. The van der Waals surface area contributed by atoms with Crippen molar-refractivity contribution in [1.82, 2.24) is 4.90 Å². The molecule has 1 aromatic carbocycles. The number of carbonyl (C=O) groups excluding carboxylic acids is 1. The van der Waals surface area contributed by atoms with E-state index in [4.69, 9.17) is 5.73 Å². The second kappa shape index (κ2) is 7.96. The Morgan fingerprint density at radius 3 is 2.54 bits per heavy atom. The van der Waals surface area contributed by atoms with Crippen molar-refractivity contribution >= 4 is 45.4 Å². The lowest BCUT2D eigenvalue weighted by Gasteiger charge is -2.22. The van der Waals surface area contributed by atoms with E-state index in [0.717, 1.165) is 17.8 Å². The highest BCUT2D eigenvalue weighted by atomic mass is 35.5. The molecule has 1 aliphatic heterocycles. The number of rotatable bonds is 5. The standard InChI is InChI=1S/C17H21N3O3S2.ClH/c1-17(11-18)8-9-20(12-17)16(21)13-4-6-14(7-5-13)19-25(22,23)15-3-2-10-24-15;/h2-7,10,19H,8-9,11-12,18H2,1H3;1H. The highest BCUT2D eigenvalue weighted by Gasteiger charge is 2.35. The van der Waals surface area contributed by atoms with Gasteiger partial charge >= 0.3 is 0 Å². The fourth-order valence-electron chi connectivity index (χ4n) is 2.85. The molecule has 3 N–H and O–H groups in total. The number of carbonyl (C=O) groups is 1. The summed E-state index contributed by atoms with van der Waals surface area (Å²) >= 11 is 1.15. The second-order valence-corrected chi connectivity index (χ2v) is 9.46. The number of anilines is 1. The predicted molar refractivity (Wildman–Crippen MR) is 106 cm³/mol. The monoisotopic (exact) mass is 415 g/mol. The molecule has 1 aliphatic rings. The van der Waals surface area contributed by atoms with E-state index in [1.54, 1.807) is 46.7 Å². The maximum absolute atomic E-state index is 12.6. The summed E-state index contributed by atoms with van der Waals surface area (Å²) in [5, 5.41) is 1.71. The van der Waals surface area contributed by atoms with Gasteiger partial charge in [0.25, 0.3) is 15.9 Å². The predicted octanol–water partition coefficient (Wildman–Crippen LogP) is 2.78. The van der Waals surface area contributed by atoms with E-state index >= 15 is 0 Å². The lowest BCUT2D eigenvalue weighted by Crippen LogP contribution is -2.34. The molecule has 2 aromatic rings. The number of thiophene rings is 1. The van der Waals surface area contributed by atoms with Gasteiger partial charge in [-0.3, -0.25) is 9.52 Å². The van der Waals surface area contributed by atoms with E-state index in [-0.39, 0.29) is 27.9 Å². The third kappa shape index (κ3) is 4.37.